The number of nitrogens with one attached hydrogen (secondary N) is 1. The quantitative estimate of drug-likeness (QED) is 0.394. The molecule has 2 aliphatic heterocycles. The second-order valence-electron chi connectivity index (χ2n) is 10.6. The molecule has 3 aromatic rings. The summed E-state index contributed by atoms with van der Waals surface area (Å²) in [5.74, 6) is 1.43. The molecule has 10 nitrogen and oxygen atoms in total. The number of sulfonamides is 1. The number of benzene rings is 3. The van der Waals surface area contributed by atoms with Gasteiger partial charge in [-0.1, -0.05) is 31.2 Å². The number of rotatable bonds is 9. The lowest BCUT2D eigenvalue weighted by Gasteiger charge is -2.38. The van der Waals surface area contributed by atoms with Gasteiger partial charge in [0.1, 0.15) is 11.9 Å². The lowest BCUT2D eigenvalue weighted by atomic mass is 9.99. The van der Waals surface area contributed by atoms with Crippen molar-refractivity contribution in [3.8, 4) is 17.2 Å². The summed E-state index contributed by atoms with van der Waals surface area (Å²) in [6.07, 6.45) is -0.291. The van der Waals surface area contributed by atoms with E-state index in [0.29, 0.717) is 25.4 Å². The summed E-state index contributed by atoms with van der Waals surface area (Å²) in [5.41, 5.74) is 1.54. The SMILES string of the molecule is C[C@@H]1CN([C@@H](C)CO)C(=O)c2cc(NS(=O)(=O)c3ccccc3)ccc2O[C@@H]1CN(C)Cc1ccc2c(c1)OCO2. The highest BCUT2D eigenvalue weighted by Gasteiger charge is 2.34. The van der Waals surface area contributed by atoms with Crippen LogP contribution in [0.2, 0.25) is 0 Å². The zero-order valence-electron chi connectivity index (χ0n) is 23.3. The van der Waals surface area contributed by atoms with E-state index in [2.05, 4.69) is 9.62 Å². The van der Waals surface area contributed by atoms with E-state index in [1.165, 1.54) is 18.2 Å². The zero-order valence-corrected chi connectivity index (χ0v) is 24.1. The number of aliphatic hydroxyl groups excluding tert-OH is 1. The molecule has 2 aliphatic rings. The highest BCUT2D eigenvalue weighted by atomic mass is 32.2. The molecule has 0 spiro atoms. The van der Waals surface area contributed by atoms with Crippen molar-refractivity contribution >= 4 is 21.6 Å². The highest BCUT2D eigenvalue weighted by molar-refractivity contribution is 7.92. The second-order valence-corrected chi connectivity index (χ2v) is 12.3. The van der Waals surface area contributed by atoms with Crippen LogP contribution in [0.25, 0.3) is 0 Å². The number of carbonyl (C=O) groups is 1. The first kappa shape index (κ1) is 28.7. The fourth-order valence-electron chi connectivity index (χ4n) is 5.04. The molecule has 0 aromatic heterocycles. The van der Waals surface area contributed by atoms with Crippen molar-refractivity contribution in [1.29, 1.82) is 0 Å². The Labute approximate surface area is 240 Å². The third-order valence-electron chi connectivity index (χ3n) is 7.35. The normalized spacial score (nSPS) is 19.2. The molecule has 0 radical (unpaired) electrons. The van der Waals surface area contributed by atoms with Crippen molar-refractivity contribution in [3.63, 3.8) is 0 Å². The Morgan fingerprint density at radius 1 is 1.05 bits per heavy atom. The Hall–Kier alpha value is -3.80. The topological polar surface area (TPSA) is 118 Å². The van der Waals surface area contributed by atoms with Gasteiger partial charge in [-0.05, 0) is 62.0 Å². The van der Waals surface area contributed by atoms with Gasteiger partial charge in [0.05, 0.1) is 23.1 Å². The molecular weight excluding hydrogens is 546 g/mol. The standard InChI is InChI=1S/C30H35N3O7S/c1-20-15-33(21(2)18-34)30(35)25-14-23(31-41(36,37)24-7-5-4-6-8-24)10-12-26(25)40-29(20)17-32(3)16-22-9-11-27-28(13-22)39-19-38-27/h4-14,20-21,29,31,34H,15-19H2,1-3H3/t20-,21+,29-/m1/s1. The number of ether oxygens (including phenoxy) is 3. The molecular formula is C30H35N3O7S. The Kier molecular flexibility index (Phi) is 8.39. The average molecular weight is 582 g/mol. The van der Waals surface area contributed by atoms with Crippen molar-refractivity contribution in [1.82, 2.24) is 9.80 Å². The first-order valence-electron chi connectivity index (χ1n) is 13.5. The molecule has 0 unspecified atom stereocenters. The lowest BCUT2D eigenvalue weighted by Crippen LogP contribution is -2.49. The van der Waals surface area contributed by atoms with E-state index in [-0.39, 0.29) is 47.5 Å². The summed E-state index contributed by atoms with van der Waals surface area (Å²) in [6, 6.07) is 18.2. The van der Waals surface area contributed by atoms with Crippen LogP contribution < -0.4 is 18.9 Å². The molecule has 5 rings (SSSR count). The Morgan fingerprint density at radius 2 is 1.78 bits per heavy atom. The van der Waals surface area contributed by atoms with Crippen molar-refractivity contribution in [2.24, 2.45) is 5.92 Å². The minimum atomic E-state index is -3.86. The van der Waals surface area contributed by atoms with Gasteiger partial charge in [-0.25, -0.2) is 8.42 Å². The van der Waals surface area contributed by atoms with Crippen LogP contribution >= 0.6 is 0 Å². The molecule has 41 heavy (non-hydrogen) atoms. The first-order valence-corrected chi connectivity index (χ1v) is 15.0. The van der Waals surface area contributed by atoms with Crippen LogP contribution in [0.1, 0.15) is 29.8 Å². The maximum Gasteiger partial charge on any atom is 0.261 e. The molecule has 3 aromatic carbocycles. The van der Waals surface area contributed by atoms with Crippen LogP contribution in [0.15, 0.2) is 71.6 Å². The van der Waals surface area contributed by atoms with Gasteiger partial charge >= 0.3 is 0 Å². The third-order valence-corrected chi connectivity index (χ3v) is 8.75. The molecule has 0 saturated carbocycles. The Bertz CT molecular complexity index is 1500. The van der Waals surface area contributed by atoms with Crippen molar-refractivity contribution in [3.05, 3.63) is 77.9 Å². The van der Waals surface area contributed by atoms with Gasteiger partial charge in [0.2, 0.25) is 6.79 Å². The minimum absolute atomic E-state index is 0.0587. The molecule has 0 aliphatic carbocycles. The van der Waals surface area contributed by atoms with E-state index < -0.39 is 16.1 Å². The summed E-state index contributed by atoms with van der Waals surface area (Å²) < 4.78 is 45.8. The maximum atomic E-state index is 13.7. The molecule has 2 N–H and O–H groups in total. The van der Waals surface area contributed by atoms with Gasteiger partial charge in [-0.2, -0.15) is 0 Å². The van der Waals surface area contributed by atoms with E-state index in [9.17, 15) is 18.3 Å². The Balaban J connectivity index is 1.40. The Morgan fingerprint density at radius 3 is 2.54 bits per heavy atom. The van der Waals surface area contributed by atoms with E-state index in [1.807, 2.05) is 32.2 Å². The summed E-state index contributed by atoms with van der Waals surface area (Å²) in [5, 5.41) is 9.93. The van der Waals surface area contributed by atoms with Gasteiger partial charge in [0, 0.05) is 31.2 Å². The van der Waals surface area contributed by atoms with Gasteiger partial charge in [0.15, 0.2) is 11.5 Å². The van der Waals surface area contributed by atoms with Gasteiger partial charge in [-0.15, -0.1) is 0 Å². The molecule has 11 heteroatoms. The van der Waals surface area contributed by atoms with Crippen LogP contribution in [-0.4, -0.2) is 74.9 Å². The number of anilines is 1. The average Bonchev–Trinajstić information content (AvgIpc) is 3.43. The lowest BCUT2D eigenvalue weighted by molar-refractivity contribution is 0.0341. The number of amides is 1. The monoisotopic (exact) mass is 581 g/mol. The number of carbonyl (C=O) groups excluding carboxylic acids is 1. The molecule has 1 amide bonds. The van der Waals surface area contributed by atoms with Gasteiger partial charge in [0.25, 0.3) is 15.9 Å². The summed E-state index contributed by atoms with van der Waals surface area (Å²) in [4.78, 5) is 17.6. The minimum Gasteiger partial charge on any atom is -0.488 e. The predicted octanol–water partition coefficient (Wildman–Crippen LogP) is 3.57. The molecule has 0 saturated heterocycles. The van der Waals surface area contributed by atoms with Crippen molar-refractivity contribution in [2.45, 2.75) is 37.4 Å². The number of hydrogen-bond donors (Lipinski definition) is 2. The molecule has 0 fully saturated rings. The zero-order chi connectivity index (χ0) is 29.1. The largest absolute Gasteiger partial charge is 0.488 e. The molecule has 3 atom stereocenters. The molecule has 0 bridgehead atoms. The summed E-state index contributed by atoms with van der Waals surface area (Å²) >= 11 is 0. The van der Waals surface area contributed by atoms with E-state index in [4.69, 9.17) is 14.2 Å². The van der Waals surface area contributed by atoms with Crippen LogP contribution in [-0.2, 0) is 16.6 Å². The van der Waals surface area contributed by atoms with Gasteiger partial charge in [-0.3, -0.25) is 14.4 Å². The number of likely N-dealkylation sites (N-methyl/N-ethyl adjacent to an activating group) is 1. The summed E-state index contributed by atoms with van der Waals surface area (Å²) in [7, 11) is -1.86. The summed E-state index contributed by atoms with van der Waals surface area (Å²) in [6.45, 7) is 5.40. The van der Waals surface area contributed by atoms with Crippen LogP contribution in [0.4, 0.5) is 5.69 Å². The number of hydrogen-bond acceptors (Lipinski definition) is 8. The number of nitrogens with zero attached hydrogens (tertiary/aromatic N) is 2. The molecule has 218 valence electrons. The molecule has 2 heterocycles. The van der Waals surface area contributed by atoms with Crippen LogP contribution in [0, 0.1) is 5.92 Å². The smallest absolute Gasteiger partial charge is 0.261 e. The number of fused-ring (bicyclic) bond motifs is 2. The van der Waals surface area contributed by atoms with E-state index in [1.54, 1.807) is 42.2 Å². The maximum absolute atomic E-state index is 13.7. The fraction of sp³-hybridized carbons (Fsp3) is 0.367. The number of aliphatic hydroxyl groups is 1. The van der Waals surface area contributed by atoms with Crippen molar-refractivity contribution in [2.75, 3.05) is 38.3 Å². The van der Waals surface area contributed by atoms with E-state index >= 15 is 0 Å². The third kappa shape index (κ3) is 6.42. The highest BCUT2D eigenvalue weighted by Crippen LogP contribution is 2.34. The van der Waals surface area contributed by atoms with Gasteiger partial charge < -0.3 is 24.2 Å². The predicted molar refractivity (Wildman–Crippen MR) is 154 cm³/mol. The first-order chi connectivity index (χ1) is 19.6. The van der Waals surface area contributed by atoms with Crippen molar-refractivity contribution < 1.29 is 32.5 Å². The van der Waals surface area contributed by atoms with Crippen LogP contribution in [0.3, 0.4) is 0 Å². The fourth-order valence-corrected chi connectivity index (χ4v) is 6.11. The second kappa shape index (κ2) is 12.0. The van der Waals surface area contributed by atoms with E-state index in [0.717, 1.165) is 17.1 Å². The van der Waals surface area contributed by atoms with Crippen LogP contribution in [0.5, 0.6) is 17.2 Å².